The lowest BCUT2D eigenvalue weighted by Crippen LogP contribution is -2.46. The second-order valence-corrected chi connectivity index (χ2v) is 6.05. The number of hydrogen-bond donors (Lipinski definition) is 3. The molecular weight excluding hydrogens is 324 g/mol. The minimum atomic E-state index is -0.472. The highest BCUT2D eigenvalue weighted by atomic mass is 16.6. The minimum Gasteiger partial charge on any atom is -0.449 e. The molecule has 2 aliphatic rings. The molecule has 2 rings (SSSR count). The maximum absolute atomic E-state index is 11.8. The van der Waals surface area contributed by atoms with Crippen LogP contribution in [0.3, 0.4) is 0 Å². The van der Waals surface area contributed by atoms with E-state index in [1.54, 1.807) is 0 Å². The largest absolute Gasteiger partial charge is 0.449 e. The summed E-state index contributed by atoms with van der Waals surface area (Å²) in [5.41, 5.74) is 0.944. The first kappa shape index (κ1) is 19.3. The van der Waals surface area contributed by atoms with Crippen LogP contribution in [-0.4, -0.2) is 76.6 Å². The number of hydrogen-bond acceptors (Lipinski definition) is 6. The molecule has 0 aromatic rings. The summed E-state index contributed by atoms with van der Waals surface area (Å²) >= 11 is 0. The number of amides is 2. The highest BCUT2D eigenvalue weighted by Gasteiger charge is 2.19. The molecular formula is C17H28N4O4. The number of carbonyl (C=O) groups excluding carboxylic acids is 2. The quantitative estimate of drug-likeness (QED) is 0.617. The predicted molar refractivity (Wildman–Crippen MR) is 94.4 cm³/mol. The lowest BCUT2D eigenvalue weighted by atomic mass is 9.93. The Kier molecular flexibility index (Phi) is 8.27. The summed E-state index contributed by atoms with van der Waals surface area (Å²) in [7, 11) is 1.52. The highest BCUT2D eigenvalue weighted by molar-refractivity contribution is 5.67. The normalized spacial score (nSPS) is 20.5. The smallest absolute Gasteiger partial charge is 0.407 e. The van der Waals surface area contributed by atoms with Crippen molar-refractivity contribution in [1.82, 2.24) is 20.9 Å². The molecule has 2 amide bonds. The molecule has 1 atom stereocenters. The molecule has 1 heterocycles. The molecule has 1 aliphatic carbocycles. The summed E-state index contributed by atoms with van der Waals surface area (Å²) in [5, 5.41) is 8.49. The van der Waals surface area contributed by atoms with E-state index in [9.17, 15) is 9.59 Å². The standard InChI is InChI=1S/C17H28N4O4/c1-18-16(22)24-12-14-4-2-3-5-15(14)13-25-17(23)20-8-11-21-9-6-19-7-10-21/h2-4,15,19H,5-13H2,1H3,(H,18,22)(H,20,23). The first-order chi connectivity index (χ1) is 12.2. The van der Waals surface area contributed by atoms with Gasteiger partial charge in [-0.25, -0.2) is 9.59 Å². The molecule has 0 bridgehead atoms. The first-order valence-electron chi connectivity index (χ1n) is 8.73. The van der Waals surface area contributed by atoms with Crippen molar-refractivity contribution in [2.75, 3.05) is 59.5 Å². The monoisotopic (exact) mass is 352 g/mol. The van der Waals surface area contributed by atoms with E-state index < -0.39 is 12.2 Å². The van der Waals surface area contributed by atoms with Crippen molar-refractivity contribution in [2.45, 2.75) is 6.42 Å². The summed E-state index contributed by atoms with van der Waals surface area (Å²) < 4.78 is 10.4. The van der Waals surface area contributed by atoms with Crippen molar-refractivity contribution in [3.63, 3.8) is 0 Å². The second-order valence-electron chi connectivity index (χ2n) is 6.05. The van der Waals surface area contributed by atoms with Crippen LogP contribution in [0.1, 0.15) is 6.42 Å². The van der Waals surface area contributed by atoms with Gasteiger partial charge in [-0.2, -0.15) is 0 Å². The lowest BCUT2D eigenvalue weighted by molar-refractivity contribution is 0.123. The molecule has 140 valence electrons. The van der Waals surface area contributed by atoms with Crippen LogP contribution >= 0.6 is 0 Å². The fraction of sp³-hybridized carbons (Fsp3) is 0.647. The van der Waals surface area contributed by atoms with Crippen LogP contribution in [0.2, 0.25) is 0 Å². The molecule has 0 aromatic carbocycles. The number of nitrogens with zero attached hydrogens (tertiary/aromatic N) is 1. The van der Waals surface area contributed by atoms with Crippen molar-refractivity contribution in [2.24, 2.45) is 5.92 Å². The van der Waals surface area contributed by atoms with Gasteiger partial charge in [-0.1, -0.05) is 18.2 Å². The Morgan fingerprint density at radius 2 is 2.08 bits per heavy atom. The Hall–Kier alpha value is -2.06. The van der Waals surface area contributed by atoms with Crippen LogP contribution in [0, 0.1) is 5.92 Å². The zero-order valence-electron chi connectivity index (χ0n) is 14.8. The lowest BCUT2D eigenvalue weighted by Gasteiger charge is -2.27. The average Bonchev–Trinajstić information content (AvgIpc) is 2.66. The van der Waals surface area contributed by atoms with Crippen LogP contribution in [0.4, 0.5) is 9.59 Å². The third-order valence-electron chi connectivity index (χ3n) is 4.29. The van der Waals surface area contributed by atoms with Crippen molar-refractivity contribution < 1.29 is 19.1 Å². The van der Waals surface area contributed by atoms with Crippen molar-refractivity contribution >= 4 is 12.2 Å². The number of allylic oxidation sites excluding steroid dienone is 3. The van der Waals surface area contributed by atoms with Crippen LogP contribution < -0.4 is 16.0 Å². The van der Waals surface area contributed by atoms with Crippen LogP contribution in [0.5, 0.6) is 0 Å². The molecule has 0 saturated carbocycles. The maximum Gasteiger partial charge on any atom is 0.407 e. The molecule has 3 N–H and O–H groups in total. The van der Waals surface area contributed by atoms with Gasteiger partial charge in [0, 0.05) is 52.2 Å². The number of alkyl carbamates (subject to hydrolysis) is 2. The van der Waals surface area contributed by atoms with Gasteiger partial charge < -0.3 is 25.4 Å². The molecule has 0 aromatic heterocycles. The fourth-order valence-corrected chi connectivity index (χ4v) is 2.76. The molecule has 1 saturated heterocycles. The average molecular weight is 352 g/mol. The highest BCUT2D eigenvalue weighted by Crippen LogP contribution is 2.21. The molecule has 0 spiro atoms. The van der Waals surface area contributed by atoms with E-state index in [0.29, 0.717) is 6.54 Å². The van der Waals surface area contributed by atoms with Crippen molar-refractivity contribution in [1.29, 1.82) is 0 Å². The summed E-state index contributed by atoms with van der Waals surface area (Å²) in [6.07, 6.45) is 5.73. The SMILES string of the molecule is CNC(=O)OCC1=CC=CCC1COC(=O)NCCN1CCNCC1. The molecule has 1 fully saturated rings. The zero-order chi connectivity index (χ0) is 17.9. The third-order valence-corrected chi connectivity index (χ3v) is 4.29. The van der Waals surface area contributed by atoms with Gasteiger partial charge in [0.25, 0.3) is 0 Å². The third kappa shape index (κ3) is 7.15. The van der Waals surface area contributed by atoms with Gasteiger partial charge in [0.2, 0.25) is 0 Å². The number of nitrogens with one attached hydrogen (secondary N) is 3. The van der Waals surface area contributed by atoms with Gasteiger partial charge in [0.1, 0.15) is 13.2 Å². The fourth-order valence-electron chi connectivity index (χ4n) is 2.76. The summed E-state index contributed by atoms with van der Waals surface area (Å²) in [4.78, 5) is 25.3. The van der Waals surface area contributed by atoms with Gasteiger partial charge in [-0.05, 0) is 12.0 Å². The molecule has 1 unspecified atom stereocenters. The Morgan fingerprint density at radius 1 is 1.28 bits per heavy atom. The van der Waals surface area contributed by atoms with Crippen molar-refractivity contribution in [3.8, 4) is 0 Å². The van der Waals surface area contributed by atoms with E-state index in [1.165, 1.54) is 7.05 Å². The number of carbonyl (C=O) groups is 2. The minimum absolute atomic E-state index is 0.0357. The van der Waals surface area contributed by atoms with E-state index in [2.05, 4.69) is 20.9 Å². The Labute approximate surface area is 148 Å². The Balaban J connectivity index is 1.64. The van der Waals surface area contributed by atoms with E-state index in [1.807, 2.05) is 18.2 Å². The molecule has 1 aliphatic heterocycles. The van der Waals surface area contributed by atoms with E-state index in [-0.39, 0.29) is 19.1 Å². The van der Waals surface area contributed by atoms with Crippen LogP contribution in [0.15, 0.2) is 23.8 Å². The molecule has 0 radical (unpaired) electrons. The first-order valence-corrected chi connectivity index (χ1v) is 8.73. The van der Waals surface area contributed by atoms with Crippen molar-refractivity contribution in [3.05, 3.63) is 23.8 Å². The van der Waals surface area contributed by atoms with Gasteiger partial charge in [0.15, 0.2) is 0 Å². The Morgan fingerprint density at radius 3 is 2.84 bits per heavy atom. The summed E-state index contributed by atoms with van der Waals surface area (Å²) in [5.74, 6) is 0.0357. The summed E-state index contributed by atoms with van der Waals surface area (Å²) in [6.45, 7) is 5.87. The molecule has 8 heteroatoms. The van der Waals surface area contributed by atoms with Gasteiger partial charge >= 0.3 is 12.2 Å². The number of ether oxygens (including phenoxy) is 2. The molecule has 8 nitrogen and oxygen atoms in total. The summed E-state index contributed by atoms with van der Waals surface area (Å²) in [6, 6.07) is 0. The van der Waals surface area contributed by atoms with Crippen LogP contribution in [0.25, 0.3) is 0 Å². The van der Waals surface area contributed by atoms with E-state index in [0.717, 1.165) is 44.7 Å². The van der Waals surface area contributed by atoms with Gasteiger partial charge in [-0.15, -0.1) is 0 Å². The number of piperazine rings is 1. The van der Waals surface area contributed by atoms with Crippen LogP contribution in [-0.2, 0) is 9.47 Å². The van der Waals surface area contributed by atoms with E-state index in [4.69, 9.17) is 9.47 Å². The second kappa shape index (κ2) is 10.7. The topological polar surface area (TPSA) is 91.9 Å². The molecule has 25 heavy (non-hydrogen) atoms. The maximum atomic E-state index is 11.8. The van der Waals surface area contributed by atoms with E-state index >= 15 is 0 Å². The zero-order valence-corrected chi connectivity index (χ0v) is 14.8. The number of rotatable bonds is 7. The predicted octanol–water partition coefficient (Wildman–Crippen LogP) is 0.476. The van der Waals surface area contributed by atoms with Gasteiger partial charge in [0.05, 0.1) is 0 Å². The Bertz CT molecular complexity index is 501. The van der Waals surface area contributed by atoms with Gasteiger partial charge in [-0.3, -0.25) is 4.90 Å².